The lowest BCUT2D eigenvalue weighted by Crippen LogP contribution is -2.55. The second kappa shape index (κ2) is 4.90. The molecule has 2 heterocycles. The summed E-state index contributed by atoms with van der Waals surface area (Å²) < 4.78 is 5.20. The summed E-state index contributed by atoms with van der Waals surface area (Å²) in [7, 11) is 0. The number of carbonyl (C=O) groups is 1. The first-order valence-electron chi connectivity index (χ1n) is 5.17. The summed E-state index contributed by atoms with van der Waals surface area (Å²) in [4.78, 5) is 15.4. The van der Waals surface area contributed by atoms with Gasteiger partial charge in [0.1, 0.15) is 10.5 Å². The van der Waals surface area contributed by atoms with Crippen molar-refractivity contribution in [1.82, 2.24) is 10.3 Å². The summed E-state index contributed by atoms with van der Waals surface area (Å²) in [5, 5.41) is 15.2. The molecular formula is C10H14N2O3S. The fourth-order valence-electron chi connectivity index (χ4n) is 1.77. The molecule has 2 rings (SSSR count). The Morgan fingerprint density at radius 2 is 2.38 bits per heavy atom. The quantitative estimate of drug-likeness (QED) is 0.819. The van der Waals surface area contributed by atoms with E-state index in [2.05, 4.69) is 10.3 Å². The van der Waals surface area contributed by atoms with Crippen molar-refractivity contribution in [3.63, 3.8) is 0 Å². The van der Waals surface area contributed by atoms with Crippen LogP contribution >= 0.6 is 11.3 Å². The highest BCUT2D eigenvalue weighted by Crippen LogP contribution is 2.22. The van der Waals surface area contributed by atoms with E-state index in [4.69, 9.17) is 4.74 Å². The van der Waals surface area contributed by atoms with E-state index in [1.165, 1.54) is 11.3 Å². The molecule has 0 amide bonds. The van der Waals surface area contributed by atoms with Crippen LogP contribution in [0.5, 0.6) is 0 Å². The van der Waals surface area contributed by atoms with Crippen LogP contribution in [0.2, 0.25) is 0 Å². The molecule has 88 valence electrons. The van der Waals surface area contributed by atoms with Crippen LogP contribution in [0.25, 0.3) is 0 Å². The largest absolute Gasteiger partial charge is 0.480 e. The third-order valence-corrected chi connectivity index (χ3v) is 3.60. The molecule has 0 radical (unpaired) electrons. The third kappa shape index (κ3) is 2.40. The number of carboxylic acids is 1. The summed E-state index contributed by atoms with van der Waals surface area (Å²) in [6.07, 6.45) is 2.74. The SMILES string of the molecule is O=C(O)C1(NCc2nccs2)CCOCC1. The van der Waals surface area contributed by atoms with Gasteiger partial charge >= 0.3 is 5.97 Å². The van der Waals surface area contributed by atoms with Crippen molar-refractivity contribution in [3.8, 4) is 0 Å². The molecule has 2 N–H and O–H groups in total. The van der Waals surface area contributed by atoms with Crippen molar-refractivity contribution in [3.05, 3.63) is 16.6 Å². The van der Waals surface area contributed by atoms with Gasteiger partial charge in [-0.25, -0.2) is 4.98 Å². The Bertz CT molecular complexity index is 347. The van der Waals surface area contributed by atoms with Gasteiger partial charge in [0.15, 0.2) is 0 Å². The molecule has 1 saturated heterocycles. The lowest BCUT2D eigenvalue weighted by Gasteiger charge is -2.33. The molecule has 1 aromatic heterocycles. The van der Waals surface area contributed by atoms with Crippen LogP contribution < -0.4 is 5.32 Å². The van der Waals surface area contributed by atoms with Crippen molar-refractivity contribution < 1.29 is 14.6 Å². The molecule has 0 bridgehead atoms. The minimum atomic E-state index is -0.843. The van der Waals surface area contributed by atoms with Gasteiger partial charge < -0.3 is 9.84 Å². The lowest BCUT2D eigenvalue weighted by atomic mass is 9.90. The number of rotatable bonds is 4. The van der Waals surface area contributed by atoms with Crippen LogP contribution in [0.1, 0.15) is 17.8 Å². The van der Waals surface area contributed by atoms with E-state index in [-0.39, 0.29) is 0 Å². The molecule has 0 saturated carbocycles. The maximum absolute atomic E-state index is 11.3. The molecule has 1 aliphatic rings. The van der Waals surface area contributed by atoms with Gasteiger partial charge in [-0.3, -0.25) is 10.1 Å². The first-order valence-corrected chi connectivity index (χ1v) is 6.05. The van der Waals surface area contributed by atoms with Gasteiger partial charge in [-0.2, -0.15) is 0 Å². The number of nitrogens with zero attached hydrogens (tertiary/aromatic N) is 1. The molecule has 0 aliphatic carbocycles. The average molecular weight is 242 g/mol. The third-order valence-electron chi connectivity index (χ3n) is 2.82. The normalized spacial score (nSPS) is 19.5. The first-order chi connectivity index (χ1) is 7.73. The second-order valence-corrected chi connectivity index (χ2v) is 4.76. The van der Waals surface area contributed by atoms with Crippen LogP contribution in [-0.4, -0.2) is 34.8 Å². The van der Waals surface area contributed by atoms with Gasteiger partial charge in [0.05, 0.1) is 0 Å². The molecule has 1 aliphatic heterocycles. The van der Waals surface area contributed by atoms with E-state index < -0.39 is 11.5 Å². The monoisotopic (exact) mass is 242 g/mol. The number of ether oxygens (including phenoxy) is 1. The van der Waals surface area contributed by atoms with Crippen LogP contribution in [0.15, 0.2) is 11.6 Å². The highest BCUT2D eigenvalue weighted by atomic mass is 32.1. The van der Waals surface area contributed by atoms with Gasteiger partial charge in [-0.15, -0.1) is 11.3 Å². The van der Waals surface area contributed by atoms with Gasteiger partial charge in [-0.05, 0) is 12.8 Å². The van der Waals surface area contributed by atoms with E-state index in [9.17, 15) is 9.90 Å². The Morgan fingerprint density at radius 3 is 2.94 bits per heavy atom. The van der Waals surface area contributed by atoms with E-state index in [0.29, 0.717) is 32.6 Å². The van der Waals surface area contributed by atoms with Gasteiger partial charge in [0, 0.05) is 31.3 Å². The molecule has 1 aromatic rings. The van der Waals surface area contributed by atoms with Crippen LogP contribution in [0.3, 0.4) is 0 Å². The van der Waals surface area contributed by atoms with Gasteiger partial charge in [0.25, 0.3) is 0 Å². The predicted octanol–water partition coefficient (Wildman–Crippen LogP) is 0.866. The summed E-state index contributed by atoms with van der Waals surface area (Å²) in [6, 6.07) is 0. The summed E-state index contributed by atoms with van der Waals surface area (Å²) >= 11 is 1.52. The fourth-order valence-corrected chi connectivity index (χ4v) is 2.33. The fraction of sp³-hybridized carbons (Fsp3) is 0.600. The van der Waals surface area contributed by atoms with Crippen molar-refractivity contribution in [2.24, 2.45) is 0 Å². The summed E-state index contributed by atoms with van der Waals surface area (Å²) in [5.74, 6) is -0.799. The number of hydrogen-bond donors (Lipinski definition) is 2. The first kappa shape index (κ1) is 11.5. The van der Waals surface area contributed by atoms with E-state index in [1.54, 1.807) is 6.20 Å². The van der Waals surface area contributed by atoms with Crippen LogP contribution in [-0.2, 0) is 16.1 Å². The summed E-state index contributed by atoms with van der Waals surface area (Å²) in [6.45, 7) is 1.50. The van der Waals surface area contributed by atoms with Crippen LogP contribution in [0.4, 0.5) is 0 Å². The van der Waals surface area contributed by atoms with E-state index >= 15 is 0 Å². The zero-order valence-electron chi connectivity index (χ0n) is 8.81. The summed E-state index contributed by atoms with van der Waals surface area (Å²) in [5.41, 5.74) is -0.843. The van der Waals surface area contributed by atoms with E-state index in [1.807, 2.05) is 5.38 Å². The molecule has 5 nitrogen and oxygen atoms in total. The number of aliphatic carboxylic acids is 1. The van der Waals surface area contributed by atoms with Crippen molar-refractivity contribution in [2.45, 2.75) is 24.9 Å². The standard InChI is InChI=1S/C10H14N2O3S/c13-9(14)10(1-4-15-5-2-10)12-7-8-11-3-6-16-8/h3,6,12H,1-2,4-5,7H2,(H,13,14). The molecule has 0 spiro atoms. The van der Waals surface area contributed by atoms with Crippen LogP contribution in [0, 0.1) is 0 Å². The molecule has 0 aromatic carbocycles. The van der Waals surface area contributed by atoms with Gasteiger partial charge in [-0.1, -0.05) is 0 Å². The predicted molar refractivity (Wildman–Crippen MR) is 59.4 cm³/mol. The second-order valence-electron chi connectivity index (χ2n) is 3.78. The minimum Gasteiger partial charge on any atom is -0.480 e. The maximum atomic E-state index is 11.3. The molecule has 16 heavy (non-hydrogen) atoms. The molecule has 0 unspecified atom stereocenters. The Labute approximate surface area is 97.5 Å². The molecule has 0 atom stereocenters. The maximum Gasteiger partial charge on any atom is 0.324 e. The Balaban J connectivity index is 2.00. The van der Waals surface area contributed by atoms with Crippen molar-refractivity contribution >= 4 is 17.3 Å². The Kier molecular flexibility index (Phi) is 3.52. The average Bonchev–Trinajstić information content (AvgIpc) is 2.80. The number of thiazole rings is 1. The number of carboxylic acid groups (broad SMARTS) is 1. The van der Waals surface area contributed by atoms with Gasteiger partial charge in [0.2, 0.25) is 0 Å². The highest BCUT2D eigenvalue weighted by molar-refractivity contribution is 7.09. The zero-order chi connectivity index (χ0) is 11.4. The highest BCUT2D eigenvalue weighted by Gasteiger charge is 2.39. The molecule has 1 fully saturated rings. The number of hydrogen-bond acceptors (Lipinski definition) is 5. The van der Waals surface area contributed by atoms with Crippen molar-refractivity contribution in [1.29, 1.82) is 0 Å². The van der Waals surface area contributed by atoms with Crippen molar-refractivity contribution in [2.75, 3.05) is 13.2 Å². The topological polar surface area (TPSA) is 71.5 Å². The van der Waals surface area contributed by atoms with E-state index in [0.717, 1.165) is 5.01 Å². The number of aromatic nitrogens is 1. The lowest BCUT2D eigenvalue weighted by molar-refractivity contribution is -0.149. The number of nitrogens with one attached hydrogen (secondary N) is 1. The smallest absolute Gasteiger partial charge is 0.324 e. The zero-order valence-corrected chi connectivity index (χ0v) is 9.63. The Morgan fingerprint density at radius 1 is 1.62 bits per heavy atom. The Hall–Kier alpha value is -0.980. The molecule has 6 heteroatoms. The molecular weight excluding hydrogens is 228 g/mol. The minimum absolute atomic E-state index is 0.497.